The third kappa shape index (κ3) is 2.10. The van der Waals surface area contributed by atoms with Gasteiger partial charge in [-0.15, -0.1) is 0 Å². The van der Waals surface area contributed by atoms with Gasteiger partial charge in [0.05, 0.1) is 6.61 Å². The molecule has 4 nitrogen and oxygen atoms in total. The van der Waals surface area contributed by atoms with Gasteiger partial charge in [0.2, 0.25) is 5.79 Å². The maximum atomic E-state index is 11.1. The molecule has 2 atom stereocenters. The van der Waals surface area contributed by atoms with Crippen LogP contribution in [0.1, 0.15) is 31.4 Å². The maximum Gasteiger partial charge on any atom is 0.308 e. The highest BCUT2D eigenvalue weighted by Crippen LogP contribution is 2.45. The number of ether oxygens (including phenoxy) is 3. The molecule has 0 unspecified atom stereocenters. The molecule has 3 rings (SSSR count). The molecule has 0 N–H and O–H groups in total. The molecule has 1 aromatic carbocycles. The molecule has 19 heavy (non-hydrogen) atoms. The Kier molecular flexibility index (Phi) is 2.78. The molecule has 0 bridgehead atoms. The van der Waals surface area contributed by atoms with Crippen LogP contribution in [0.3, 0.4) is 0 Å². The zero-order valence-corrected chi connectivity index (χ0v) is 11.5. The minimum Gasteiger partial charge on any atom is -0.462 e. The van der Waals surface area contributed by atoms with Crippen LogP contribution in [-0.4, -0.2) is 18.4 Å². The lowest BCUT2D eigenvalue weighted by atomic mass is 9.86. The van der Waals surface area contributed by atoms with Crippen molar-refractivity contribution in [3.63, 3.8) is 0 Å². The van der Waals surface area contributed by atoms with Crippen LogP contribution in [0, 0.1) is 12.8 Å². The van der Waals surface area contributed by atoms with Crippen molar-refractivity contribution in [1.29, 1.82) is 0 Å². The number of aryl methyl sites for hydroxylation is 1. The summed E-state index contributed by atoms with van der Waals surface area (Å²) in [6, 6.07) is 3.68. The largest absolute Gasteiger partial charge is 0.462 e. The predicted octanol–water partition coefficient (Wildman–Crippen LogP) is 2.61. The van der Waals surface area contributed by atoms with Crippen molar-refractivity contribution < 1.29 is 19.0 Å². The summed E-state index contributed by atoms with van der Waals surface area (Å²) in [5.74, 6) is 0.851. The van der Waals surface area contributed by atoms with E-state index < -0.39 is 5.79 Å². The molecule has 0 aliphatic carbocycles. The number of rotatable bonds is 1. The average molecular weight is 262 g/mol. The van der Waals surface area contributed by atoms with Crippen molar-refractivity contribution in [3.8, 4) is 11.5 Å². The Balaban J connectivity index is 1.99. The third-order valence-corrected chi connectivity index (χ3v) is 4.03. The monoisotopic (exact) mass is 262 g/mol. The molecule has 2 aliphatic heterocycles. The molecule has 1 fully saturated rings. The fourth-order valence-electron chi connectivity index (χ4n) is 2.98. The second-order valence-electron chi connectivity index (χ2n) is 5.47. The van der Waals surface area contributed by atoms with Gasteiger partial charge in [-0.3, -0.25) is 4.79 Å². The van der Waals surface area contributed by atoms with E-state index >= 15 is 0 Å². The van der Waals surface area contributed by atoms with E-state index in [4.69, 9.17) is 14.2 Å². The van der Waals surface area contributed by atoms with E-state index in [9.17, 15) is 4.79 Å². The van der Waals surface area contributed by atoms with E-state index in [1.54, 1.807) is 6.07 Å². The Bertz CT molecular complexity index is 537. The summed E-state index contributed by atoms with van der Waals surface area (Å²) >= 11 is 0. The van der Waals surface area contributed by atoms with E-state index in [0.29, 0.717) is 11.7 Å². The van der Waals surface area contributed by atoms with E-state index in [-0.39, 0.29) is 5.97 Å². The van der Waals surface area contributed by atoms with E-state index in [1.165, 1.54) is 12.5 Å². The molecule has 2 heterocycles. The summed E-state index contributed by atoms with van der Waals surface area (Å²) in [6.45, 7) is 6.15. The van der Waals surface area contributed by atoms with E-state index in [1.807, 2.05) is 19.9 Å². The van der Waals surface area contributed by atoms with E-state index in [0.717, 1.165) is 30.8 Å². The number of hydrogen-bond donors (Lipinski definition) is 0. The maximum absolute atomic E-state index is 11.1. The highest BCUT2D eigenvalue weighted by molar-refractivity contribution is 5.69. The average Bonchev–Trinajstić information content (AvgIpc) is 2.66. The number of esters is 1. The van der Waals surface area contributed by atoms with Gasteiger partial charge >= 0.3 is 5.97 Å². The third-order valence-electron chi connectivity index (χ3n) is 4.03. The van der Waals surface area contributed by atoms with Gasteiger partial charge in [0.15, 0.2) is 0 Å². The molecule has 0 aromatic heterocycles. The predicted molar refractivity (Wildman–Crippen MR) is 69.3 cm³/mol. The zero-order chi connectivity index (χ0) is 13.6. The van der Waals surface area contributed by atoms with Crippen LogP contribution >= 0.6 is 0 Å². The molecule has 2 aliphatic rings. The van der Waals surface area contributed by atoms with Crippen LogP contribution in [0.2, 0.25) is 0 Å². The van der Waals surface area contributed by atoms with Crippen molar-refractivity contribution in [3.05, 3.63) is 23.3 Å². The van der Waals surface area contributed by atoms with Crippen molar-refractivity contribution in [2.24, 2.45) is 5.92 Å². The van der Waals surface area contributed by atoms with E-state index in [2.05, 4.69) is 0 Å². The van der Waals surface area contributed by atoms with Crippen molar-refractivity contribution >= 4 is 5.97 Å². The number of carbonyl (C=O) groups excluding carboxylic acids is 1. The summed E-state index contributed by atoms with van der Waals surface area (Å²) in [7, 11) is 0. The fraction of sp³-hybridized carbons (Fsp3) is 0.533. The SMILES string of the molecule is CC(=O)Oc1cc(C)c2c(c1)O[C@@]1(C)OCC[C@H]1C2. The normalized spacial score (nSPS) is 28.3. The van der Waals surface area contributed by atoms with Crippen molar-refractivity contribution in [2.45, 2.75) is 39.4 Å². The van der Waals surface area contributed by atoms with Gasteiger partial charge in [0.1, 0.15) is 11.5 Å². The molecule has 102 valence electrons. The molecule has 1 aromatic rings. The molecule has 0 radical (unpaired) electrons. The summed E-state index contributed by atoms with van der Waals surface area (Å²) in [6.07, 6.45) is 1.99. The summed E-state index contributed by atoms with van der Waals surface area (Å²) in [5.41, 5.74) is 2.30. The lowest BCUT2D eigenvalue weighted by Crippen LogP contribution is -2.42. The molecular formula is C15H18O4. The van der Waals surface area contributed by atoms with Crippen LogP contribution in [0.15, 0.2) is 12.1 Å². The topological polar surface area (TPSA) is 44.8 Å². The first-order chi connectivity index (χ1) is 8.98. The second-order valence-corrected chi connectivity index (χ2v) is 5.47. The Hall–Kier alpha value is -1.55. The Labute approximate surface area is 112 Å². The van der Waals surface area contributed by atoms with Crippen LogP contribution in [-0.2, 0) is 16.0 Å². The summed E-state index contributed by atoms with van der Waals surface area (Å²) in [4.78, 5) is 11.1. The molecule has 0 spiro atoms. The Morgan fingerprint density at radius 2 is 2.26 bits per heavy atom. The van der Waals surface area contributed by atoms with Crippen LogP contribution < -0.4 is 9.47 Å². The van der Waals surface area contributed by atoms with Gasteiger partial charge < -0.3 is 14.2 Å². The summed E-state index contributed by atoms with van der Waals surface area (Å²) < 4.78 is 16.9. The zero-order valence-electron chi connectivity index (χ0n) is 11.5. The summed E-state index contributed by atoms with van der Waals surface area (Å²) in [5, 5.41) is 0. The minimum absolute atomic E-state index is 0.323. The first-order valence-electron chi connectivity index (χ1n) is 6.63. The molecular weight excluding hydrogens is 244 g/mol. The van der Waals surface area contributed by atoms with Crippen LogP contribution in [0.5, 0.6) is 11.5 Å². The molecule has 0 amide bonds. The van der Waals surface area contributed by atoms with Gasteiger partial charge in [-0.05, 0) is 37.0 Å². The Morgan fingerprint density at radius 3 is 3.00 bits per heavy atom. The standard InChI is InChI=1S/C15H18O4/c1-9-6-12(18-10(2)16)8-14-13(9)7-11-4-5-17-15(11,3)19-14/h6,8,11H,4-5,7H2,1-3H3/t11-,15+/m0/s1. The number of benzene rings is 1. The molecule has 4 heteroatoms. The number of hydrogen-bond acceptors (Lipinski definition) is 4. The Morgan fingerprint density at radius 1 is 1.47 bits per heavy atom. The van der Waals surface area contributed by atoms with Crippen LogP contribution in [0.25, 0.3) is 0 Å². The van der Waals surface area contributed by atoms with Crippen molar-refractivity contribution in [1.82, 2.24) is 0 Å². The molecule has 0 saturated carbocycles. The minimum atomic E-state index is -0.533. The van der Waals surface area contributed by atoms with Gasteiger partial charge in [0.25, 0.3) is 0 Å². The lowest BCUT2D eigenvalue weighted by molar-refractivity contribution is -0.165. The first-order valence-corrected chi connectivity index (χ1v) is 6.63. The molecule has 1 saturated heterocycles. The number of fused-ring (bicyclic) bond motifs is 2. The highest BCUT2D eigenvalue weighted by Gasteiger charge is 2.46. The smallest absolute Gasteiger partial charge is 0.308 e. The quantitative estimate of drug-likeness (QED) is 0.576. The van der Waals surface area contributed by atoms with Gasteiger partial charge in [-0.2, -0.15) is 0 Å². The first kappa shape index (κ1) is 12.5. The lowest BCUT2D eigenvalue weighted by Gasteiger charge is -2.37. The highest BCUT2D eigenvalue weighted by atomic mass is 16.7. The second kappa shape index (κ2) is 4.23. The number of carbonyl (C=O) groups is 1. The fourth-order valence-corrected chi connectivity index (χ4v) is 2.98. The van der Waals surface area contributed by atoms with Gasteiger partial charge in [0, 0.05) is 25.8 Å². The van der Waals surface area contributed by atoms with Crippen LogP contribution in [0.4, 0.5) is 0 Å². The van der Waals surface area contributed by atoms with Gasteiger partial charge in [-0.1, -0.05) is 0 Å². The van der Waals surface area contributed by atoms with Gasteiger partial charge in [-0.25, -0.2) is 0 Å². The van der Waals surface area contributed by atoms with Crippen molar-refractivity contribution in [2.75, 3.05) is 6.61 Å².